The van der Waals surface area contributed by atoms with Crippen LogP contribution in [0, 0.1) is 0 Å². The normalized spacial score (nSPS) is 15.9. The fourth-order valence-electron chi connectivity index (χ4n) is 2.57. The van der Waals surface area contributed by atoms with Crippen molar-refractivity contribution in [1.82, 2.24) is 10.9 Å². The van der Waals surface area contributed by atoms with Crippen molar-refractivity contribution in [2.75, 3.05) is 37.6 Å². The molecule has 9 heteroatoms. The van der Waals surface area contributed by atoms with Gasteiger partial charge < -0.3 is 9.80 Å². The van der Waals surface area contributed by atoms with Gasteiger partial charge in [0.05, 0.1) is 31.7 Å². The van der Waals surface area contributed by atoms with E-state index in [1.807, 2.05) is 4.90 Å². The van der Waals surface area contributed by atoms with E-state index in [0.29, 0.717) is 31.9 Å². The van der Waals surface area contributed by atoms with Crippen molar-refractivity contribution < 1.29 is 27.7 Å². The number of alkyl halides is 3. The van der Waals surface area contributed by atoms with Gasteiger partial charge in [-0.2, -0.15) is 13.2 Å². The van der Waals surface area contributed by atoms with Crippen LogP contribution >= 0.6 is 0 Å². The van der Waals surface area contributed by atoms with Gasteiger partial charge in [-0.3, -0.25) is 20.4 Å². The van der Waals surface area contributed by atoms with E-state index >= 15 is 0 Å². The molecule has 0 saturated carbocycles. The highest BCUT2D eigenvalue weighted by molar-refractivity contribution is 5.81. The van der Waals surface area contributed by atoms with Crippen molar-refractivity contribution in [3.63, 3.8) is 0 Å². The second-order valence-electron chi connectivity index (χ2n) is 5.69. The molecule has 0 aliphatic carbocycles. The number of benzene rings is 1. The van der Waals surface area contributed by atoms with E-state index in [4.69, 9.17) is 0 Å². The minimum absolute atomic E-state index is 0.205. The highest BCUT2D eigenvalue weighted by Crippen LogP contribution is 2.31. The predicted molar refractivity (Wildman–Crippen MR) is 81.2 cm³/mol. The van der Waals surface area contributed by atoms with E-state index in [9.17, 15) is 22.8 Å². The van der Waals surface area contributed by atoms with Crippen LogP contribution in [-0.4, -0.2) is 44.5 Å². The maximum absolute atomic E-state index is 12.8. The van der Waals surface area contributed by atoms with Crippen LogP contribution in [0.25, 0.3) is 0 Å². The summed E-state index contributed by atoms with van der Waals surface area (Å²) in [4.78, 5) is 25.3. The van der Waals surface area contributed by atoms with Crippen molar-refractivity contribution in [3.05, 3.63) is 29.8 Å². The molecule has 1 aliphatic rings. The average molecular weight is 345 g/mol. The Morgan fingerprint density at radius 2 is 1.88 bits per heavy atom. The third kappa shape index (κ3) is 5.12. The van der Waals surface area contributed by atoms with Crippen LogP contribution in [0.15, 0.2) is 24.3 Å². The summed E-state index contributed by atoms with van der Waals surface area (Å²) in [5, 5.41) is 0. The summed E-state index contributed by atoms with van der Waals surface area (Å²) in [5.74, 6) is -0.652. The number of hydrogen-bond donors (Lipinski definition) is 3. The van der Waals surface area contributed by atoms with Crippen molar-refractivity contribution >= 4 is 17.5 Å². The Labute approximate surface area is 137 Å². The minimum atomic E-state index is -4.36. The van der Waals surface area contributed by atoms with E-state index in [0.717, 1.165) is 17.0 Å². The van der Waals surface area contributed by atoms with Crippen molar-refractivity contribution in [1.29, 1.82) is 0 Å². The van der Waals surface area contributed by atoms with Crippen LogP contribution in [0.5, 0.6) is 0 Å². The summed E-state index contributed by atoms with van der Waals surface area (Å²) in [6, 6.07) is 5.26. The van der Waals surface area contributed by atoms with E-state index in [-0.39, 0.29) is 18.4 Å². The van der Waals surface area contributed by atoms with Gasteiger partial charge in [-0.25, -0.2) is 0 Å². The lowest BCUT2D eigenvalue weighted by Gasteiger charge is -2.33. The monoisotopic (exact) mass is 345 g/mol. The lowest BCUT2D eigenvalue weighted by Crippen LogP contribution is -3.16. The van der Waals surface area contributed by atoms with E-state index in [1.54, 1.807) is 6.07 Å². The number of carbonyl (C=O) groups is 2. The number of amides is 2. The maximum Gasteiger partial charge on any atom is 0.416 e. The summed E-state index contributed by atoms with van der Waals surface area (Å²) < 4.78 is 38.3. The first-order valence-corrected chi connectivity index (χ1v) is 7.57. The Balaban J connectivity index is 1.87. The Kier molecular flexibility index (Phi) is 5.66. The van der Waals surface area contributed by atoms with Gasteiger partial charge in [-0.1, -0.05) is 6.07 Å². The van der Waals surface area contributed by atoms with Crippen LogP contribution in [0.1, 0.15) is 12.5 Å². The number of anilines is 1. The SMILES string of the molecule is CC(=O)NNC(=O)C[NH+]1CCN(c2cccc(C(F)(F)F)c2)CC1. The first kappa shape index (κ1) is 18.1. The first-order valence-electron chi connectivity index (χ1n) is 7.57. The zero-order valence-corrected chi connectivity index (χ0v) is 13.2. The van der Waals surface area contributed by atoms with Gasteiger partial charge in [-0.05, 0) is 18.2 Å². The number of rotatable bonds is 3. The molecule has 0 radical (unpaired) electrons. The van der Waals surface area contributed by atoms with Gasteiger partial charge >= 0.3 is 6.18 Å². The molecule has 0 atom stereocenters. The minimum Gasteiger partial charge on any atom is -0.360 e. The average Bonchev–Trinajstić information content (AvgIpc) is 2.53. The molecule has 1 aromatic carbocycles. The Bertz CT molecular complexity index is 599. The third-order valence-corrected chi connectivity index (χ3v) is 3.80. The van der Waals surface area contributed by atoms with E-state index in [1.165, 1.54) is 13.0 Å². The molecule has 0 bridgehead atoms. The molecule has 24 heavy (non-hydrogen) atoms. The molecular weight excluding hydrogens is 325 g/mol. The zero-order valence-electron chi connectivity index (χ0n) is 13.2. The number of nitrogens with one attached hydrogen (secondary N) is 3. The summed E-state index contributed by atoms with van der Waals surface area (Å²) in [5.41, 5.74) is 4.39. The molecule has 1 aromatic rings. The summed E-state index contributed by atoms with van der Waals surface area (Å²) >= 11 is 0. The van der Waals surface area contributed by atoms with Gasteiger partial charge in [0.2, 0.25) is 5.91 Å². The van der Waals surface area contributed by atoms with Crippen LogP contribution in [-0.2, 0) is 15.8 Å². The number of hydrazine groups is 1. The third-order valence-electron chi connectivity index (χ3n) is 3.80. The number of nitrogens with zero attached hydrogens (tertiary/aromatic N) is 1. The molecule has 132 valence electrons. The largest absolute Gasteiger partial charge is 0.416 e. The van der Waals surface area contributed by atoms with Crippen LogP contribution in [0.4, 0.5) is 18.9 Å². The number of carbonyl (C=O) groups excluding carboxylic acids is 2. The smallest absolute Gasteiger partial charge is 0.360 e. The molecule has 0 spiro atoms. The van der Waals surface area contributed by atoms with Crippen LogP contribution in [0.2, 0.25) is 0 Å². The Morgan fingerprint density at radius 3 is 2.46 bits per heavy atom. The molecule has 1 heterocycles. The van der Waals surface area contributed by atoms with Gasteiger partial charge in [0.25, 0.3) is 5.91 Å². The summed E-state index contributed by atoms with van der Waals surface area (Å²) in [7, 11) is 0. The number of piperazine rings is 1. The quantitative estimate of drug-likeness (QED) is 0.652. The second kappa shape index (κ2) is 7.52. The highest BCUT2D eigenvalue weighted by Gasteiger charge is 2.31. The molecule has 0 aromatic heterocycles. The zero-order chi connectivity index (χ0) is 17.7. The molecule has 1 saturated heterocycles. The van der Waals surface area contributed by atoms with Crippen LogP contribution in [0.3, 0.4) is 0 Å². The Morgan fingerprint density at radius 1 is 1.21 bits per heavy atom. The molecule has 1 aliphatic heterocycles. The van der Waals surface area contributed by atoms with Crippen LogP contribution < -0.4 is 20.7 Å². The highest BCUT2D eigenvalue weighted by atomic mass is 19.4. The molecule has 0 unspecified atom stereocenters. The first-order chi connectivity index (χ1) is 11.3. The van der Waals surface area contributed by atoms with Crippen molar-refractivity contribution in [3.8, 4) is 0 Å². The number of hydrogen-bond acceptors (Lipinski definition) is 3. The molecular formula is C15H20F3N4O2+. The fourth-order valence-corrected chi connectivity index (χ4v) is 2.57. The van der Waals surface area contributed by atoms with Gasteiger partial charge in [0.15, 0.2) is 6.54 Å². The molecule has 2 amide bonds. The van der Waals surface area contributed by atoms with E-state index in [2.05, 4.69) is 10.9 Å². The molecule has 3 N–H and O–H groups in total. The van der Waals surface area contributed by atoms with E-state index < -0.39 is 11.7 Å². The predicted octanol–water partition coefficient (Wildman–Crippen LogP) is -0.422. The maximum atomic E-state index is 12.8. The van der Waals surface area contributed by atoms with Gasteiger partial charge in [-0.15, -0.1) is 0 Å². The van der Waals surface area contributed by atoms with Crippen molar-refractivity contribution in [2.24, 2.45) is 0 Å². The van der Waals surface area contributed by atoms with Gasteiger partial charge in [0.1, 0.15) is 0 Å². The molecule has 2 rings (SSSR count). The molecule has 1 fully saturated rings. The Hall–Kier alpha value is -2.29. The number of halogens is 3. The summed E-state index contributed by atoms with van der Waals surface area (Å²) in [6.45, 7) is 3.87. The lowest BCUT2D eigenvalue weighted by atomic mass is 10.1. The number of quaternary nitrogens is 1. The second-order valence-corrected chi connectivity index (χ2v) is 5.69. The lowest BCUT2D eigenvalue weighted by molar-refractivity contribution is -0.892. The topological polar surface area (TPSA) is 65.9 Å². The summed E-state index contributed by atoms with van der Waals surface area (Å²) in [6.07, 6.45) is -4.36. The standard InChI is InChI=1S/C15H19F3N4O2/c1-11(23)19-20-14(24)10-21-5-7-22(8-6-21)13-4-2-3-12(9-13)15(16,17)18/h2-4,9H,5-8,10H2,1H3,(H,19,23)(H,20,24)/p+1. The molecule has 6 nitrogen and oxygen atoms in total. The fraction of sp³-hybridized carbons (Fsp3) is 0.467. The van der Waals surface area contributed by atoms with Gasteiger partial charge in [0, 0.05) is 12.6 Å². The van der Waals surface area contributed by atoms with Crippen molar-refractivity contribution in [2.45, 2.75) is 13.1 Å².